The highest BCUT2D eigenvalue weighted by atomic mass is 79.9. The van der Waals surface area contributed by atoms with E-state index in [-0.39, 0.29) is 16.5 Å². The van der Waals surface area contributed by atoms with Crippen LogP contribution >= 0.6 is 15.9 Å². The summed E-state index contributed by atoms with van der Waals surface area (Å²) in [5.74, 6) is 0.312. The lowest BCUT2D eigenvalue weighted by Crippen LogP contribution is -2.26. The fourth-order valence-corrected chi connectivity index (χ4v) is 1.99. The van der Waals surface area contributed by atoms with E-state index in [9.17, 15) is 4.79 Å². The Bertz CT molecular complexity index is 350. The predicted octanol–water partition coefficient (Wildman–Crippen LogP) is 1.89. The first-order valence-electron chi connectivity index (χ1n) is 4.43. The molecule has 1 aliphatic heterocycles. The molecular formula is C10H10BrNO2. The van der Waals surface area contributed by atoms with Crippen LogP contribution in [0.1, 0.15) is 6.42 Å². The summed E-state index contributed by atoms with van der Waals surface area (Å²) in [6.45, 7) is 0.736. The van der Waals surface area contributed by atoms with E-state index in [1.165, 1.54) is 0 Å². The van der Waals surface area contributed by atoms with Crippen molar-refractivity contribution in [1.29, 1.82) is 0 Å². The molecule has 1 heterocycles. The minimum Gasteiger partial charge on any atom is -0.508 e. The van der Waals surface area contributed by atoms with Crippen LogP contribution in [-0.4, -0.2) is 22.4 Å². The van der Waals surface area contributed by atoms with Crippen LogP contribution in [0.15, 0.2) is 24.3 Å². The smallest absolute Gasteiger partial charge is 0.240 e. The molecule has 0 bridgehead atoms. The zero-order valence-corrected chi connectivity index (χ0v) is 9.07. The molecule has 1 saturated heterocycles. The molecule has 1 aromatic rings. The van der Waals surface area contributed by atoms with Crippen molar-refractivity contribution in [2.75, 3.05) is 11.4 Å². The molecule has 3 nitrogen and oxygen atoms in total. The van der Waals surface area contributed by atoms with Gasteiger partial charge in [-0.15, -0.1) is 0 Å². The zero-order valence-electron chi connectivity index (χ0n) is 7.48. The van der Waals surface area contributed by atoms with Crippen molar-refractivity contribution in [3.8, 4) is 5.75 Å². The number of aromatic hydroxyl groups is 1. The van der Waals surface area contributed by atoms with Crippen LogP contribution < -0.4 is 4.90 Å². The van der Waals surface area contributed by atoms with Gasteiger partial charge in [0.15, 0.2) is 0 Å². The molecule has 0 spiro atoms. The van der Waals surface area contributed by atoms with Crippen molar-refractivity contribution in [2.45, 2.75) is 11.2 Å². The van der Waals surface area contributed by atoms with Crippen molar-refractivity contribution >= 4 is 27.5 Å². The summed E-state index contributed by atoms with van der Waals surface area (Å²) < 4.78 is 0. The number of carbonyl (C=O) groups excluding carboxylic acids is 1. The summed E-state index contributed by atoms with van der Waals surface area (Å²) in [6, 6.07) is 6.67. The van der Waals surface area contributed by atoms with Gasteiger partial charge < -0.3 is 10.0 Å². The van der Waals surface area contributed by atoms with Crippen LogP contribution in [0.4, 0.5) is 5.69 Å². The molecule has 1 atom stereocenters. The van der Waals surface area contributed by atoms with Crippen LogP contribution in [0, 0.1) is 0 Å². The summed E-state index contributed by atoms with van der Waals surface area (Å²) in [7, 11) is 0. The van der Waals surface area contributed by atoms with Gasteiger partial charge in [-0.2, -0.15) is 0 Å². The van der Waals surface area contributed by atoms with Crippen LogP contribution in [0.5, 0.6) is 5.75 Å². The highest BCUT2D eigenvalue weighted by Crippen LogP contribution is 2.26. The molecule has 4 heteroatoms. The Kier molecular flexibility index (Phi) is 2.46. The largest absolute Gasteiger partial charge is 0.508 e. The number of nitrogens with zero attached hydrogens (tertiary/aromatic N) is 1. The minimum absolute atomic E-state index is 0.0590. The lowest BCUT2D eigenvalue weighted by Gasteiger charge is -2.15. The van der Waals surface area contributed by atoms with Gasteiger partial charge in [0, 0.05) is 12.2 Å². The van der Waals surface area contributed by atoms with Gasteiger partial charge in [0.05, 0.1) is 4.83 Å². The number of hydrogen-bond acceptors (Lipinski definition) is 2. The highest BCUT2D eigenvalue weighted by Gasteiger charge is 2.30. The maximum Gasteiger partial charge on any atom is 0.240 e. The second-order valence-corrected chi connectivity index (χ2v) is 4.37. The van der Waals surface area contributed by atoms with Crippen LogP contribution in [0.25, 0.3) is 0 Å². The summed E-state index contributed by atoms with van der Waals surface area (Å²) in [4.78, 5) is 13.3. The Hall–Kier alpha value is -1.03. The van der Waals surface area contributed by atoms with Crippen LogP contribution in [0.2, 0.25) is 0 Å². The highest BCUT2D eigenvalue weighted by molar-refractivity contribution is 9.10. The van der Waals surface area contributed by atoms with Gasteiger partial charge in [-0.3, -0.25) is 4.79 Å². The molecule has 14 heavy (non-hydrogen) atoms. The van der Waals surface area contributed by atoms with Gasteiger partial charge in [-0.1, -0.05) is 15.9 Å². The average Bonchev–Trinajstić information content (AvgIpc) is 2.50. The molecule has 0 aliphatic carbocycles. The number of benzene rings is 1. The normalized spacial score (nSPS) is 21.6. The molecule has 0 saturated carbocycles. The van der Waals surface area contributed by atoms with E-state index in [1.807, 2.05) is 0 Å². The van der Waals surface area contributed by atoms with Crippen molar-refractivity contribution < 1.29 is 9.90 Å². The van der Waals surface area contributed by atoms with Gasteiger partial charge in [0.1, 0.15) is 5.75 Å². The third-order valence-electron chi connectivity index (χ3n) is 2.30. The van der Waals surface area contributed by atoms with Crippen molar-refractivity contribution in [3.05, 3.63) is 24.3 Å². The maximum absolute atomic E-state index is 11.6. The molecule has 1 amide bonds. The Balaban J connectivity index is 2.24. The molecule has 1 aromatic carbocycles. The molecule has 1 fully saturated rings. The van der Waals surface area contributed by atoms with E-state index in [0.717, 1.165) is 18.7 Å². The minimum atomic E-state index is -0.0590. The first kappa shape index (κ1) is 9.52. The third-order valence-corrected chi connectivity index (χ3v) is 3.15. The predicted molar refractivity (Wildman–Crippen MR) is 57.8 cm³/mol. The molecule has 1 unspecified atom stereocenters. The monoisotopic (exact) mass is 255 g/mol. The van der Waals surface area contributed by atoms with Crippen molar-refractivity contribution in [1.82, 2.24) is 0 Å². The van der Waals surface area contributed by atoms with Crippen molar-refractivity contribution in [2.24, 2.45) is 0 Å². The van der Waals surface area contributed by atoms with E-state index >= 15 is 0 Å². The van der Waals surface area contributed by atoms with Gasteiger partial charge in [-0.05, 0) is 30.7 Å². The molecule has 0 aromatic heterocycles. The third kappa shape index (κ3) is 1.62. The lowest BCUT2D eigenvalue weighted by molar-refractivity contribution is -0.116. The average molecular weight is 256 g/mol. The molecule has 1 aliphatic rings. The first-order valence-corrected chi connectivity index (χ1v) is 5.34. The Morgan fingerprint density at radius 2 is 2.00 bits per heavy atom. The second kappa shape index (κ2) is 3.61. The molecule has 1 N–H and O–H groups in total. The Labute approximate surface area is 90.5 Å². The van der Waals surface area contributed by atoms with E-state index in [4.69, 9.17) is 5.11 Å². The van der Waals surface area contributed by atoms with Crippen molar-refractivity contribution in [3.63, 3.8) is 0 Å². The quantitative estimate of drug-likeness (QED) is 0.779. The summed E-state index contributed by atoms with van der Waals surface area (Å²) in [6.07, 6.45) is 0.833. The number of phenols is 1. The number of amides is 1. The Morgan fingerprint density at radius 3 is 2.50 bits per heavy atom. The van der Waals surface area contributed by atoms with Gasteiger partial charge >= 0.3 is 0 Å². The van der Waals surface area contributed by atoms with E-state index < -0.39 is 0 Å². The first-order chi connectivity index (χ1) is 6.68. The fraction of sp³-hybridized carbons (Fsp3) is 0.300. The fourth-order valence-electron chi connectivity index (χ4n) is 1.53. The number of alkyl halides is 1. The van der Waals surface area contributed by atoms with E-state index in [2.05, 4.69) is 15.9 Å². The number of carbonyl (C=O) groups is 1. The van der Waals surface area contributed by atoms with Gasteiger partial charge in [0.2, 0.25) is 5.91 Å². The zero-order chi connectivity index (χ0) is 10.1. The van der Waals surface area contributed by atoms with Crippen LogP contribution in [0.3, 0.4) is 0 Å². The van der Waals surface area contributed by atoms with Crippen LogP contribution in [-0.2, 0) is 4.79 Å². The molecule has 2 rings (SSSR count). The molecule has 0 radical (unpaired) electrons. The number of anilines is 1. The number of halogens is 1. The summed E-state index contributed by atoms with van der Waals surface area (Å²) in [5.41, 5.74) is 0.842. The van der Waals surface area contributed by atoms with E-state index in [1.54, 1.807) is 29.2 Å². The summed E-state index contributed by atoms with van der Waals surface area (Å²) >= 11 is 3.32. The van der Waals surface area contributed by atoms with Gasteiger partial charge in [-0.25, -0.2) is 0 Å². The Morgan fingerprint density at radius 1 is 1.36 bits per heavy atom. The van der Waals surface area contributed by atoms with E-state index in [0.29, 0.717) is 0 Å². The number of hydrogen-bond donors (Lipinski definition) is 1. The maximum atomic E-state index is 11.6. The number of phenolic OH excluding ortho intramolecular Hbond substituents is 1. The summed E-state index contributed by atoms with van der Waals surface area (Å²) in [5, 5.41) is 9.10. The lowest BCUT2D eigenvalue weighted by atomic mass is 10.3. The van der Waals surface area contributed by atoms with Gasteiger partial charge in [0.25, 0.3) is 0 Å². The topological polar surface area (TPSA) is 40.5 Å². The number of rotatable bonds is 1. The standard InChI is InChI=1S/C10H10BrNO2/c11-9-5-6-12(10(9)14)7-1-3-8(13)4-2-7/h1-4,9,13H,5-6H2. The SMILES string of the molecule is O=C1C(Br)CCN1c1ccc(O)cc1. The second-order valence-electron chi connectivity index (χ2n) is 3.26. The molecular weight excluding hydrogens is 246 g/mol. The molecule has 74 valence electrons.